The summed E-state index contributed by atoms with van der Waals surface area (Å²) in [6.07, 6.45) is 0. The van der Waals surface area contributed by atoms with E-state index in [0.717, 1.165) is 11.1 Å². The number of nitro benzene ring substituents is 1. The molecule has 0 fully saturated rings. The highest BCUT2D eigenvalue weighted by Crippen LogP contribution is 2.21. The Labute approximate surface area is 126 Å². The molecule has 0 spiro atoms. The summed E-state index contributed by atoms with van der Waals surface area (Å²) in [7, 11) is 0. The van der Waals surface area contributed by atoms with E-state index in [2.05, 4.69) is 5.32 Å². The van der Waals surface area contributed by atoms with E-state index in [1.165, 1.54) is 18.2 Å². The largest absolute Gasteiger partial charge is 0.309 e. The highest BCUT2D eigenvalue weighted by atomic mass is 35.5. The average Bonchev–Trinajstić information content (AvgIpc) is 2.44. The number of rotatable bonds is 5. The normalized spacial score (nSPS) is 10.6. The summed E-state index contributed by atoms with van der Waals surface area (Å²) >= 11 is 5.62. The Morgan fingerprint density at radius 1 is 1.29 bits per heavy atom. The van der Waals surface area contributed by atoms with Crippen LogP contribution in [0.25, 0.3) is 0 Å². The predicted molar refractivity (Wildman–Crippen MR) is 79.8 cm³/mol. The van der Waals surface area contributed by atoms with Gasteiger partial charge in [-0.05, 0) is 30.2 Å². The molecule has 6 heteroatoms. The lowest BCUT2D eigenvalue weighted by Crippen LogP contribution is -2.14. The van der Waals surface area contributed by atoms with Crippen molar-refractivity contribution in [1.82, 2.24) is 5.32 Å². The van der Waals surface area contributed by atoms with Gasteiger partial charge in [0.15, 0.2) is 0 Å². The Bertz CT molecular complexity index is 677. The lowest BCUT2D eigenvalue weighted by atomic mass is 10.1. The minimum absolute atomic E-state index is 0.0910. The molecule has 2 rings (SSSR count). The smallest absolute Gasteiger partial charge is 0.272 e. The van der Waals surface area contributed by atoms with Crippen LogP contribution in [0.5, 0.6) is 0 Å². The summed E-state index contributed by atoms with van der Waals surface area (Å²) in [5.41, 5.74) is 2.35. The standard InChI is InChI=1S/C15H14ClFN2O2/c1-10-12(3-2-4-15(10)19(20)21)9-18-8-11-5-6-13(16)14(17)7-11/h2-7,18H,8-9H2,1H3. The van der Waals surface area contributed by atoms with Crippen molar-refractivity contribution in [2.24, 2.45) is 0 Å². The fraction of sp³-hybridized carbons (Fsp3) is 0.200. The van der Waals surface area contributed by atoms with Crippen molar-refractivity contribution in [2.75, 3.05) is 0 Å². The zero-order chi connectivity index (χ0) is 15.4. The molecule has 2 aromatic carbocycles. The van der Waals surface area contributed by atoms with Crippen molar-refractivity contribution >= 4 is 17.3 Å². The minimum Gasteiger partial charge on any atom is -0.309 e. The van der Waals surface area contributed by atoms with E-state index in [9.17, 15) is 14.5 Å². The van der Waals surface area contributed by atoms with E-state index < -0.39 is 10.7 Å². The molecule has 0 saturated heterocycles. The summed E-state index contributed by atoms with van der Waals surface area (Å²) < 4.78 is 13.3. The molecular weight excluding hydrogens is 295 g/mol. The van der Waals surface area contributed by atoms with Gasteiger partial charge in [-0.2, -0.15) is 0 Å². The van der Waals surface area contributed by atoms with Crippen molar-refractivity contribution in [2.45, 2.75) is 20.0 Å². The number of hydrogen-bond acceptors (Lipinski definition) is 3. The van der Waals surface area contributed by atoms with Crippen LogP contribution in [0.1, 0.15) is 16.7 Å². The quantitative estimate of drug-likeness (QED) is 0.671. The van der Waals surface area contributed by atoms with Crippen molar-refractivity contribution in [1.29, 1.82) is 0 Å². The first-order valence-corrected chi connectivity index (χ1v) is 6.74. The second-order valence-electron chi connectivity index (χ2n) is 4.67. The lowest BCUT2D eigenvalue weighted by Gasteiger charge is -2.08. The van der Waals surface area contributed by atoms with Crippen molar-refractivity contribution in [3.63, 3.8) is 0 Å². The number of hydrogen-bond donors (Lipinski definition) is 1. The third-order valence-electron chi connectivity index (χ3n) is 3.24. The van der Waals surface area contributed by atoms with Crippen molar-refractivity contribution in [3.05, 3.63) is 74.0 Å². The summed E-state index contributed by atoms with van der Waals surface area (Å²) in [6.45, 7) is 2.64. The first-order valence-electron chi connectivity index (χ1n) is 6.36. The molecule has 21 heavy (non-hydrogen) atoms. The molecule has 110 valence electrons. The molecular formula is C15H14ClFN2O2. The summed E-state index contributed by atoms with van der Waals surface area (Å²) in [4.78, 5) is 10.5. The van der Waals surface area contributed by atoms with Gasteiger partial charge in [-0.25, -0.2) is 4.39 Å². The molecule has 0 bridgehead atoms. The molecule has 0 saturated carbocycles. The highest BCUT2D eigenvalue weighted by molar-refractivity contribution is 6.30. The monoisotopic (exact) mass is 308 g/mol. The van der Waals surface area contributed by atoms with Gasteiger partial charge in [0.05, 0.1) is 9.95 Å². The molecule has 1 N–H and O–H groups in total. The van der Waals surface area contributed by atoms with Gasteiger partial charge < -0.3 is 5.32 Å². The number of halogens is 2. The average molecular weight is 309 g/mol. The van der Waals surface area contributed by atoms with Gasteiger partial charge in [0, 0.05) is 24.7 Å². The van der Waals surface area contributed by atoms with Crippen molar-refractivity contribution in [3.8, 4) is 0 Å². The fourth-order valence-electron chi connectivity index (χ4n) is 2.05. The zero-order valence-electron chi connectivity index (χ0n) is 11.4. The van der Waals surface area contributed by atoms with Gasteiger partial charge in [0.1, 0.15) is 5.82 Å². The van der Waals surface area contributed by atoms with Crippen LogP contribution >= 0.6 is 11.6 Å². The molecule has 0 aliphatic heterocycles. The van der Waals surface area contributed by atoms with Gasteiger partial charge >= 0.3 is 0 Å². The molecule has 0 aromatic heterocycles. The minimum atomic E-state index is -0.456. The van der Waals surface area contributed by atoms with Gasteiger partial charge in [-0.15, -0.1) is 0 Å². The fourth-order valence-corrected chi connectivity index (χ4v) is 2.17. The second kappa shape index (κ2) is 6.65. The Balaban J connectivity index is 2.02. The summed E-state index contributed by atoms with van der Waals surface area (Å²) in [5.74, 6) is -0.456. The number of benzene rings is 2. The Morgan fingerprint density at radius 2 is 2.05 bits per heavy atom. The van der Waals surface area contributed by atoms with Gasteiger partial charge in [-0.3, -0.25) is 10.1 Å². The van der Waals surface area contributed by atoms with E-state index in [1.807, 2.05) is 6.07 Å². The van der Waals surface area contributed by atoms with Crippen LogP contribution < -0.4 is 5.32 Å². The van der Waals surface area contributed by atoms with E-state index in [1.54, 1.807) is 19.1 Å². The number of nitrogens with one attached hydrogen (secondary N) is 1. The van der Waals surface area contributed by atoms with Crippen LogP contribution in [0.4, 0.5) is 10.1 Å². The van der Waals surface area contributed by atoms with Gasteiger partial charge in [0.25, 0.3) is 5.69 Å². The first kappa shape index (κ1) is 15.4. The first-order chi connectivity index (χ1) is 9.99. The molecule has 0 unspecified atom stereocenters. The summed E-state index contributed by atoms with van der Waals surface area (Å²) in [5, 5.41) is 14.1. The topological polar surface area (TPSA) is 55.2 Å². The van der Waals surface area contributed by atoms with Crippen LogP contribution in [-0.2, 0) is 13.1 Å². The summed E-state index contributed by atoms with van der Waals surface area (Å²) in [6, 6.07) is 9.58. The van der Waals surface area contributed by atoms with Crippen LogP contribution in [-0.4, -0.2) is 4.92 Å². The second-order valence-corrected chi connectivity index (χ2v) is 5.08. The molecule has 0 aliphatic rings. The Hall–Kier alpha value is -1.98. The molecule has 0 atom stereocenters. The number of nitrogens with zero attached hydrogens (tertiary/aromatic N) is 1. The third kappa shape index (κ3) is 3.77. The van der Waals surface area contributed by atoms with E-state index in [-0.39, 0.29) is 10.7 Å². The molecule has 0 aliphatic carbocycles. The zero-order valence-corrected chi connectivity index (χ0v) is 12.2. The molecule has 4 nitrogen and oxygen atoms in total. The number of nitro groups is 1. The Morgan fingerprint density at radius 3 is 2.71 bits per heavy atom. The maximum absolute atomic E-state index is 13.3. The molecule has 0 radical (unpaired) electrons. The lowest BCUT2D eigenvalue weighted by molar-refractivity contribution is -0.385. The Kier molecular flexibility index (Phi) is 4.88. The molecule has 2 aromatic rings. The molecule has 0 heterocycles. The maximum Gasteiger partial charge on any atom is 0.272 e. The van der Waals surface area contributed by atoms with Crippen LogP contribution in [0.15, 0.2) is 36.4 Å². The predicted octanol–water partition coefficient (Wildman–Crippen LogP) is 3.99. The van der Waals surface area contributed by atoms with Crippen LogP contribution in [0.3, 0.4) is 0 Å². The SMILES string of the molecule is Cc1c(CNCc2ccc(Cl)c(F)c2)cccc1[N+](=O)[O-]. The van der Waals surface area contributed by atoms with Crippen LogP contribution in [0, 0.1) is 22.9 Å². The van der Waals surface area contributed by atoms with Crippen LogP contribution in [0.2, 0.25) is 5.02 Å². The van der Waals surface area contributed by atoms with E-state index >= 15 is 0 Å². The van der Waals surface area contributed by atoms with Gasteiger partial charge in [0.2, 0.25) is 0 Å². The van der Waals surface area contributed by atoms with E-state index in [4.69, 9.17) is 11.6 Å². The third-order valence-corrected chi connectivity index (χ3v) is 3.55. The van der Waals surface area contributed by atoms with Crippen molar-refractivity contribution < 1.29 is 9.31 Å². The van der Waals surface area contributed by atoms with Gasteiger partial charge in [-0.1, -0.05) is 29.8 Å². The highest BCUT2D eigenvalue weighted by Gasteiger charge is 2.12. The maximum atomic E-state index is 13.3. The van der Waals surface area contributed by atoms with E-state index in [0.29, 0.717) is 18.7 Å². The molecule has 0 amide bonds.